The molecule has 0 aliphatic carbocycles. The standard InChI is InChI=1S/C15H15NO3/c16-6-14(7-17-8-14)15(9-18-10-15)12-1-2-13-11(5-12)3-4-19-13/h1-2,5H,3-4,7-10H2. The summed E-state index contributed by atoms with van der Waals surface area (Å²) in [6, 6.07) is 8.80. The number of hydrogen-bond donors (Lipinski definition) is 0. The van der Waals surface area contributed by atoms with Crippen LogP contribution in [0.4, 0.5) is 0 Å². The van der Waals surface area contributed by atoms with Crippen LogP contribution >= 0.6 is 0 Å². The second kappa shape index (κ2) is 3.72. The van der Waals surface area contributed by atoms with Gasteiger partial charge in [-0.3, -0.25) is 0 Å². The summed E-state index contributed by atoms with van der Waals surface area (Å²) in [6.07, 6.45) is 0.955. The smallest absolute Gasteiger partial charge is 0.122 e. The quantitative estimate of drug-likeness (QED) is 0.804. The Morgan fingerprint density at radius 2 is 1.89 bits per heavy atom. The summed E-state index contributed by atoms with van der Waals surface area (Å²) in [6.45, 7) is 3.02. The number of rotatable bonds is 2. The van der Waals surface area contributed by atoms with Gasteiger partial charge >= 0.3 is 0 Å². The minimum absolute atomic E-state index is 0.197. The second-order valence-corrected chi connectivity index (χ2v) is 5.68. The monoisotopic (exact) mass is 257 g/mol. The van der Waals surface area contributed by atoms with Gasteiger partial charge in [-0.2, -0.15) is 5.26 Å². The predicted octanol–water partition coefficient (Wildman–Crippen LogP) is 1.43. The molecule has 0 bridgehead atoms. The molecule has 4 nitrogen and oxygen atoms in total. The maximum absolute atomic E-state index is 9.58. The van der Waals surface area contributed by atoms with E-state index < -0.39 is 5.41 Å². The van der Waals surface area contributed by atoms with E-state index in [1.807, 2.05) is 6.07 Å². The third kappa shape index (κ3) is 1.29. The lowest BCUT2D eigenvalue weighted by atomic mass is 9.58. The first kappa shape index (κ1) is 11.3. The fourth-order valence-electron chi connectivity index (χ4n) is 3.26. The van der Waals surface area contributed by atoms with Gasteiger partial charge in [0.05, 0.1) is 44.5 Å². The van der Waals surface area contributed by atoms with Crippen molar-refractivity contribution in [1.82, 2.24) is 0 Å². The fraction of sp³-hybridized carbons (Fsp3) is 0.533. The number of fused-ring (bicyclic) bond motifs is 1. The molecule has 0 spiro atoms. The third-order valence-corrected chi connectivity index (χ3v) is 4.77. The van der Waals surface area contributed by atoms with E-state index in [9.17, 15) is 5.26 Å². The third-order valence-electron chi connectivity index (χ3n) is 4.77. The van der Waals surface area contributed by atoms with Gasteiger partial charge < -0.3 is 14.2 Å². The average Bonchev–Trinajstić information content (AvgIpc) is 2.78. The molecule has 0 amide bonds. The van der Waals surface area contributed by atoms with Crippen molar-refractivity contribution < 1.29 is 14.2 Å². The van der Waals surface area contributed by atoms with Gasteiger partial charge in [0.2, 0.25) is 0 Å². The number of nitriles is 1. The normalized spacial score (nSPS) is 25.4. The average molecular weight is 257 g/mol. The lowest BCUT2D eigenvalue weighted by Gasteiger charge is -2.55. The van der Waals surface area contributed by atoms with Crippen LogP contribution < -0.4 is 4.74 Å². The highest BCUT2D eigenvalue weighted by molar-refractivity contribution is 5.46. The first-order chi connectivity index (χ1) is 9.30. The summed E-state index contributed by atoms with van der Waals surface area (Å²) in [5.74, 6) is 0.981. The van der Waals surface area contributed by atoms with Crippen molar-refractivity contribution in [3.8, 4) is 11.8 Å². The molecule has 2 fully saturated rings. The van der Waals surface area contributed by atoms with Gasteiger partial charge in [0.25, 0.3) is 0 Å². The van der Waals surface area contributed by atoms with Gasteiger partial charge in [-0.15, -0.1) is 0 Å². The molecule has 2 saturated heterocycles. The Morgan fingerprint density at radius 1 is 1.11 bits per heavy atom. The van der Waals surface area contributed by atoms with Gasteiger partial charge in [-0.05, 0) is 17.2 Å². The molecule has 3 aliphatic heterocycles. The van der Waals surface area contributed by atoms with Gasteiger partial charge in [0, 0.05) is 6.42 Å². The molecule has 4 heteroatoms. The number of hydrogen-bond acceptors (Lipinski definition) is 4. The van der Waals surface area contributed by atoms with E-state index in [0.29, 0.717) is 26.4 Å². The Balaban J connectivity index is 1.79. The molecular formula is C15H15NO3. The van der Waals surface area contributed by atoms with E-state index in [1.54, 1.807) is 0 Å². The van der Waals surface area contributed by atoms with E-state index in [0.717, 1.165) is 18.8 Å². The highest BCUT2D eigenvalue weighted by Gasteiger charge is 2.62. The predicted molar refractivity (Wildman–Crippen MR) is 67.0 cm³/mol. The van der Waals surface area contributed by atoms with Crippen LogP contribution in [0.3, 0.4) is 0 Å². The van der Waals surface area contributed by atoms with Gasteiger partial charge in [-0.1, -0.05) is 12.1 Å². The largest absolute Gasteiger partial charge is 0.493 e. The van der Waals surface area contributed by atoms with Crippen LogP contribution in [0.15, 0.2) is 18.2 Å². The first-order valence-electron chi connectivity index (χ1n) is 6.63. The van der Waals surface area contributed by atoms with Crippen molar-refractivity contribution in [3.05, 3.63) is 29.3 Å². The first-order valence-corrected chi connectivity index (χ1v) is 6.63. The molecule has 3 heterocycles. The SMILES string of the molecule is N#CC1(C2(c3ccc4c(c3)CCO4)COC2)COC1. The molecule has 4 rings (SSSR count). The summed E-state index contributed by atoms with van der Waals surface area (Å²) in [4.78, 5) is 0. The zero-order valence-corrected chi connectivity index (χ0v) is 10.6. The van der Waals surface area contributed by atoms with Gasteiger partial charge in [0.15, 0.2) is 0 Å². The summed E-state index contributed by atoms with van der Waals surface area (Å²) in [7, 11) is 0. The van der Waals surface area contributed by atoms with Crippen LogP contribution in [0.2, 0.25) is 0 Å². The van der Waals surface area contributed by atoms with Crippen LogP contribution in [-0.2, 0) is 21.3 Å². The summed E-state index contributed by atoms with van der Waals surface area (Å²) < 4.78 is 16.3. The Hall–Kier alpha value is -1.57. The highest BCUT2D eigenvalue weighted by atomic mass is 16.5. The van der Waals surface area contributed by atoms with Crippen LogP contribution in [0.1, 0.15) is 11.1 Å². The maximum atomic E-state index is 9.58. The molecule has 0 saturated carbocycles. The Labute approximate surface area is 111 Å². The van der Waals surface area contributed by atoms with Crippen LogP contribution in [0.25, 0.3) is 0 Å². The molecule has 0 radical (unpaired) electrons. The lowest BCUT2D eigenvalue weighted by Crippen LogP contribution is -2.66. The minimum Gasteiger partial charge on any atom is -0.493 e. The Bertz CT molecular complexity index is 567. The molecule has 0 unspecified atom stereocenters. The van der Waals surface area contributed by atoms with Gasteiger partial charge in [-0.25, -0.2) is 0 Å². The van der Waals surface area contributed by atoms with Crippen molar-refractivity contribution >= 4 is 0 Å². The van der Waals surface area contributed by atoms with Crippen LogP contribution in [-0.4, -0.2) is 33.0 Å². The van der Waals surface area contributed by atoms with Crippen molar-refractivity contribution in [2.45, 2.75) is 11.8 Å². The van der Waals surface area contributed by atoms with Crippen molar-refractivity contribution in [2.24, 2.45) is 5.41 Å². The summed E-state index contributed by atoms with van der Waals surface area (Å²) in [5, 5.41) is 9.58. The summed E-state index contributed by atoms with van der Waals surface area (Å²) in [5.41, 5.74) is 1.83. The van der Waals surface area contributed by atoms with Crippen LogP contribution in [0, 0.1) is 16.7 Å². The zero-order chi connectivity index (χ0) is 12.9. The molecular weight excluding hydrogens is 242 g/mol. The van der Waals surface area contributed by atoms with Crippen molar-refractivity contribution in [2.75, 3.05) is 33.0 Å². The highest BCUT2D eigenvalue weighted by Crippen LogP contribution is 2.52. The van der Waals surface area contributed by atoms with E-state index >= 15 is 0 Å². The van der Waals surface area contributed by atoms with Crippen LogP contribution in [0.5, 0.6) is 5.75 Å². The lowest BCUT2D eigenvalue weighted by molar-refractivity contribution is -0.201. The van der Waals surface area contributed by atoms with E-state index in [4.69, 9.17) is 14.2 Å². The van der Waals surface area contributed by atoms with E-state index in [2.05, 4.69) is 18.2 Å². The van der Waals surface area contributed by atoms with E-state index in [1.165, 1.54) is 11.1 Å². The number of nitrogens with zero attached hydrogens (tertiary/aromatic N) is 1. The molecule has 98 valence electrons. The fourth-order valence-corrected chi connectivity index (χ4v) is 3.26. The molecule has 0 atom stereocenters. The topological polar surface area (TPSA) is 51.5 Å². The molecule has 1 aromatic rings. The zero-order valence-electron chi connectivity index (χ0n) is 10.6. The molecule has 19 heavy (non-hydrogen) atoms. The maximum Gasteiger partial charge on any atom is 0.122 e. The minimum atomic E-state index is -0.418. The van der Waals surface area contributed by atoms with Crippen molar-refractivity contribution in [3.63, 3.8) is 0 Å². The number of ether oxygens (including phenoxy) is 3. The number of benzene rings is 1. The van der Waals surface area contributed by atoms with E-state index in [-0.39, 0.29) is 5.41 Å². The summed E-state index contributed by atoms with van der Waals surface area (Å²) >= 11 is 0. The second-order valence-electron chi connectivity index (χ2n) is 5.68. The Kier molecular flexibility index (Phi) is 2.21. The van der Waals surface area contributed by atoms with Crippen molar-refractivity contribution in [1.29, 1.82) is 5.26 Å². The van der Waals surface area contributed by atoms with Gasteiger partial charge in [0.1, 0.15) is 11.2 Å². The molecule has 1 aromatic carbocycles. The molecule has 0 N–H and O–H groups in total. The Morgan fingerprint density at radius 3 is 2.47 bits per heavy atom. The molecule has 0 aromatic heterocycles. The molecule has 3 aliphatic rings.